The highest BCUT2D eigenvalue weighted by molar-refractivity contribution is 6.42. The molecule has 0 radical (unpaired) electrons. The topological polar surface area (TPSA) is 67.4 Å². The Morgan fingerprint density at radius 3 is 2.58 bits per heavy atom. The standard InChI is InChI=1S/C26H24Cl2N2O3/c1-2-32-21-6-4-3-5-18(21)22-19(27)13-20-24(23(22)28)30-26(29-20)25(31)16-9-11-17(12-10-16)33-14-15-7-8-15/h3-6,9-13,15,25,31H,2,7-8,14H2,1H3,(H,29,30). The van der Waals surface area contributed by atoms with E-state index < -0.39 is 6.10 Å². The largest absolute Gasteiger partial charge is 0.493 e. The lowest BCUT2D eigenvalue weighted by atomic mass is 10.0. The summed E-state index contributed by atoms with van der Waals surface area (Å²) in [5, 5.41) is 11.8. The van der Waals surface area contributed by atoms with E-state index in [2.05, 4.69) is 9.97 Å². The summed E-state index contributed by atoms with van der Waals surface area (Å²) >= 11 is 13.4. The maximum Gasteiger partial charge on any atom is 0.140 e. The van der Waals surface area contributed by atoms with Gasteiger partial charge in [-0.05, 0) is 55.5 Å². The lowest BCUT2D eigenvalue weighted by molar-refractivity contribution is 0.211. The number of halogens is 2. The minimum atomic E-state index is -0.941. The molecule has 0 aliphatic heterocycles. The Morgan fingerprint density at radius 2 is 1.85 bits per heavy atom. The molecule has 1 aliphatic carbocycles. The van der Waals surface area contributed by atoms with Crippen LogP contribution in [-0.4, -0.2) is 28.3 Å². The lowest BCUT2D eigenvalue weighted by Crippen LogP contribution is -2.03. The predicted octanol–water partition coefficient (Wildman–Crippen LogP) is 6.81. The fraction of sp³-hybridized carbons (Fsp3) is 0.269. The van der Waals surface area contributed by atoms with Crippen LogP contribution in [0.2, 0.25) is 10.0 Å². The number of para-hydroxylation sites is 1. The third-order valence-electron chi connectivity index (χ3n) is 5.78. The Balaban J connectivity index is 1.46. The first kappa shape index (κ1) is 22.1. The van der Waals surface area contributed by atoms with E-state index in [0.717, 1.165) is 17.9 Å². The van der Waals surface area contributed by atoms with Crippen LogP contribution in [0.1, 0.15) is 37.3 Å². The van der Waals surface area contributed by atoms with Crippen LogP contribution in [0, 0.1) is 5.92 Å². The van der Waals surface area contributed by atoms with Crippen LogP contribution in [-0.2, 0) is 0 Å². The van der Waals surface area contributed by atoms with Gasteiger partial charge in [0.25, 0.3) is 0 Å². The highest BCUT2D eigenvalue weighted by atomic mass is 35.5. The molecule has 5 nitrogen and oxygen atoms in total. The third kappa shape index (κ3) is 4.54. The first-order valence-corrected chi connectivity index (χ1v) is 11.8. The number of fused-ring (bicyclic) bond motifs is 1. The second kappa shape index (κ2) is 9.26. The van der Waals surface area contributed by atoms with E-state index in [9.17, 15) is 5.11 Å². The molecule has 1 unspecified atom stereocenters. The molecule has 2 N–H and O–H groups in total. The van der Waals surface area contributed by atoms with Gasteiger partial charge in [-0.2, -0.15) is 0 Å². The van der Waals surface area contributed by atoms with E-state index >= 15 is 0 Å². The lowest BCUT2D eigenvalue weighted by Gasteiger charge is -2.13. The molecular weight excluding hydrogens is 459 g/mol. The summed E-state index contributed by atoms with van der Waals surface area (Å²) in [4.78, 5) is 7.78. The van der Waals surface area contributed by atoms with Crippen LogP contribution >= 0.6 is 23.2 Å². The summed E-state index contributed by atoms with van der Waals surface area (Å²) in [6.45, 7) is 3.20. The Hall–Kier alpha value is -2.73. The minimum Gasteiger partial charge on any atom is -0.493 e. The fourth-order valence-electron chi connectivity index (χ4n) is 3.83. The van der Waals surface area contributed by atoms with Crippen LogP contribution in [0.25, 0.3) is 22.2 Å². The maximum atomic E-state index is 10.9. The van der Waals surface area contributed by atoms with Crippen LogP contribution in [0.4, 0.5) is 0 Å². The van der Waals surface area contributed by atoms with E-state index in [1.807, 2.05) is 55.5 Å². The summed E-state index contributed by atoms with van der Waals surface area (Å²) in [6.07, 6.45) is 1.55. The van der Waals surface area contributed by atoms with Crippen molar-refractivity contribution in [1.82, 2.24) is 9.97 Å². The molecule has 1 heterocycles. The van der Waals surface area contributed by atoms with Gasteiger partial charge in [0.1, 0.15) is 28.9 Å². The number of H-pyrrole nitrogens is 1. The SMILES string of the molecule is CCOc1ccccc1-c1c(Cl)cc2[nH]c(C(O)c3ccc(OCC4CC4)cc3)nc2c1Cl. The Kier molecular flexibility index (Phi) is 6.19. The zero-order valence-corrected chi connectivity index (χ0v) is 19.7. The zero-order valence-electron chi connectivity index (χ0n) is 18.1. The molecule has 1 fully saturated rings. The van der Waals surface area contributed by atoms with Crippen molar-refractivity contribution in [3.8, 4) is 22.6 Å². The van der Waals surface area contributed by atoms with E-state index in [-0.39, 0.29) is 0 Å². The van der Waals surface area contributed by atoms with Gasteiger partial charge in [-0.15, -0.1) is 0 Å². The van der Waals surface area contributed by atoms with Gasteiger partial charge in [0.15, 0.2) is 0 Å². The molecule has 7 heteroatoms. The zero-order chi connectivity index (χ0) is 22.9. The maximum absolute atomic E-state index is 10.9. The smallest absolute Gasteiger partial charge is 0.140 e. The number of aromatic nitrogens is 2. The molecule has 0 spiro atoms. The highest BCUT2D eigenvalue weighted by Gasteiger charge is 2.23. The normalized spacial score (nSPS) is 14.4. The number of hydrogen-bond donors (Lipinski definition) is 2. The summed E-state index contributed by atoms with van der Waals surface area (Å²) in [5.74, 6) is 2.58. The average molecular weight is 483 g/mol. The molecule has 1 saturated carbocycles. The number of aromatic amines is 1. The van der Waals surface area contributed by atoms with Crippen molar-refractivity contribution in [2.75, 3.05) is 13.2 Å². The van der Waals surface area contributed by atoms with Gasteiger partial charge < -0.3 is 19.6 Å². The molecule has 0 amide bonds. The Bertz CT molecular complexity index is 1280. The van der Waals surface area contributed by atoms with Crippen LogP contribution in [0.5, 0.6) is 11.5 Å². The van der Waals surface area contributed by atoms with Crippen molar-refractivity contribution in [2.45, 2.75) is 25.9 Å². The number of rotatable bonds is 8. The Labute approximate surface area is 202 Å². The van der Waals surface area contributed by atoms with Gasteiger partial charge in [0.2, 0.25) is 0 Å². The first-order chi connectivity index (χ1) is 16.0. The van der Waals surface area contributed by atoms with Gasteiger partial charge in [0.05, 0.1) is 28.8 Å². The number of aliphatic hydroxyl groups excluding tert-OH is 1. The van der Waals surface area contributed by atoms with Gasteiger partial charge >= 0.3 is 0 Å². The van der Waals surface area contributed by atoms with Crippen LogP contribution < -0.4 is 9.47 Å². The summed E-state index contributed by atoms with van der Waals surface area (Å²) in [5.41, 5.74) is 3.35. The van der Waals surface area contributed by atoms with E-state index in [1.54, 1.807) is 6.07 Å². The van der Waals surface area contributed by atoms with Crippen molar-refractivity contribution in [3.05, 3.63) is 76.0 Å². The monoisotopic (exact) mass is 482 g/mol. The highest BCUT2D eigenvalue weighted by Crippen LogP contribution is 2.43. The molecule has 170 valence electrons. The molecule has 1 aromatic heterocycles. The second-order valence-electron chi connectivity index (χ2n) is 8.22. The van der Waals surface area contributed by atoms with E-state index in [0.29, 0.717) is 56.3 Å². The molecular formula is C26H24Cl2N2O3. The number of ether oxygens (including phenoxy) is 2. The van der Waals surface area contributed by atoms with Gasteiger partial charge in [-0.1, -0.05) is 53.5 Å². The molecule has 5 rings (SSSR count). The molecule has 0 bridgehead atoms. The van der Waals surface area contributed by atoms with Crippen molar-refractivity contribution in [1.29, 1.82) is 0 Å². The first-order valence-electron chi connectivity index (χ1n) is 11.1. The molecule has 1 aliphatic rings. The average Bonchev–Trinajstić information content (AvgIpc) is 3.56. The quantitative estimate of drug-likeness (QED) is 0.289. The molecule has 1 atom stereocenters. The summed E-state index contributed by atoms with van der Waals surface area (Å²) < 4.78 is 11.5. The van der Waals surface area contributed by atoms with Crippen LogP contribution in [0.15, 0.2) is 54.6 Å². The molecule has 0 saturated heterocycles. The Morgan fingerprint density at radius 1 is 1.09 bits per heavy atom. The van der Waals surface area contributed by atoms with E-state index in [1.165, 1.54) is 12.8 Å². The fourth-order valence-corrected chi connectivity index (χ4v) is 4.53. The number of imidazole rings is 1. The van der Waals surface area contributed by atoms with Gasteiger partial charge in [-0.25, -0.2) is 4.98 Å². The number of nitrogens with one attached hydrogen (secondary N) is 1. The van der Waals surface area contributed by atoms with Crippen molar-refractivity contribution < 1.29 is 14.6 Å². The van der Waals surface area contributed by atoms with Crippen molar-refractivity contribution >= 4 is 34.2 Å². The van der Waals surface area contributed by atoms with E-state index in [4.69, 9.17) is 32.7 Å². The molecule has 33 heavy (non-hydrogen) atoms. The molecule has 4 aromatic rings. The molecule has 3 aromatic carbocycles. The minimum absolute atomic E-state index is 0.393. The number of aliphatic hydroxyl groups is 1. The number of nitrogens with zero attached hydrogens (tertiary/aromatic N) is 1. The van der Waals surface area contributed by atoms with Gasteiger partial charge in [0, 0.05) is 11.1 Å². The number of benzene rings is 3. The van der Waals surface area contributed by atoms with Crippen molar-refractivity contribution in [2.24, 2.45) is 5.92 Å². The summed E-state index contributed by atoms with van der Waals surface area (Å²) in [6, 6.07) is 16.8. The number of hydrogen-bond acceptors (Lipinski definition) is 4. The van der Waals surface area contributed by atoms with Crippen molar-refractivity contribution in [3.63, 3.8) is 0 Å². The summed E-state index contributed by atoms with van der Waals surface area (Å²) in [7, 11) is 0. The van der Waals surface area contributed by atoms with Gasteiger partial charge in [-0.3, -0.25) is 0 Å². The third-order valence-corrected chi connectivity index (χ3v) is 6.45. The van der Waals surface area contributed by atoms with Crippen LogP contribution in [0.3, 0.4) is 0 Å². The predicted molar refractivity (Wildman–Crippen MR) is 131 cm³/mol. The second-order valence-corrected chi connectivity index (χ2v) is 9.01.